The average Bonchev–Trinajstić information content (AvgIpc) is 2.30. The van der Waals surface area contributed by atoms with E-state index >= 15 is 0 Å². The summed E-state index contributed by atoms with van der Waals surface area (Å²) in [4.78, 5) is 11.1. The molecule has 3 heteroatoms. The Bertz CT molecular complexity index is 452. The van der Waals surface area contributed by atoms with Crippen LogP contribution in [-0.4, -0.2) is 17.1 Å². The minimum atomic E-state index is -0.876. The van der Waals surface area contributed by atoms with E-state index in [1.165, 1.54) is 0 Å². The standard InChI is InChI=1S/C14H17NO2/c1-10-7-8-12(14(16)17)13(9-10)15-11-5-3-2-4-6-11/h2-3,7-9,11,15H,4-6H2,1H3,(H,16,17). The molecular formula is C14H17NO2. The molecule has 1 aromatic rings. The fourth-order valence-electron chi connectivity index (χ4n) is 2.11. The van der Waals surface area contributed by atoms with Crippen LogP contribution in [0.1, 0.15) is 35.2 Å². The second-order valence-corrected chi connectivity index (χ2v) is 4.48. The molecule has 0 amide bonds. The Kier molecular flexibility index (Phi) is 3.47. The highest BCUT2D eigenvalue weighted by Gasteiger charge is 2.14. The van der Waals surface area contributed by atoms with E-state index in [4.69, 9.17) is 5.11 Å². The molecule has 0 spiro atoms. The summed E-state index contributed by atoms with van der Waals surface area (Å²) in [5, 5.41) is 12.5. The molecule has 0 saturated carbocycles. The fourth-order valence-corrected chi connectivity index (χ4v) is 2.11. The summed E-state index contributed by atoms with van der Waals surface area (Å²) in [5.41, 5.74) is 2.16. The van der Waals surface area contributed by atoms with Gasteiger partial charge in [0.1, 0.15) is 0 Å². The normalized spacial score (nSPS) is 19.0. The maximum atomic E-state index is 11.1. The summed E-state index contributed by atoms with van der Waals surface area (Å²) in [7, 11) is 0. The summed E-state index contributed by atoms with van der Waals surface area (Å²) in [5.74, 6) is -0.876. The monoisotopic (exact) mass is 231 g/mol. The molecule has 0 fully saturated rings. The first-order valence-electron chi connectivity index (χ1n) is 5.92. The van der Waals surface area contributed by atoms with Crippen LogP contribution in [0, 0.1) is 6.92 Å². The van der Waals surface area contributed by atoms with E-state index in [1.807, 2.05) is 19.1 Å². The lowest BCUT2D eigenvalue weighted by molar-refractivity contribution is 0.0698. The molecule has 1 aromatic carbocycles. The largest absolute Gasteiger partial charge is 0.478 e. The third-order valence-electron chi connectivity index (χ3n) is 3.03. The van der Waals surface area contributed by atoms with Crippen LogP contribution < -0.4 is 5.32 Å². The van der Waals surface area contributed by atoms with Crippen LogP contribution in [0.15, 0.2) is 30.4 Å². The molecule has 0 radical (unpaired) electrons. The topological polar surface area (TPSA) is 49.3 Å². The van der Waals surface area contributed by atoms with Gasteiger partial charge in [-0.15, -0.1) is 0 Å². The van der Waals surface area contributed by atoms with Crippen molar-refractivity contribution in [1.82, 2.24) is 0 Å². The summed E-state index contributed by atoms with van der Waals surface area (Å²) in [6.45, 7) is 1.97. The Morgan fingerprint density at radius 3 is 2.88 bits per heavy atom. The quantitative estimate of drug-likeness (QED) is 0.785. The van der Waals surface area contributed by atoms with Gasteiger partial charge in [-0.25, -0.2) is 4.79 Å². The zero-order valence-corrected chi connectivity index (χ0v) is 9.94. The van der Waals surface area contributed by atoms with E-state index in [9.17, 15) is 4.79 Å². The van der Waals surface area contributed by atoms with Crippen LogP contribution in [0.2, 0.25) is 0 Å². The Morgan fingerprint density at radius 2 is 2.24 bits per heavy atom. The van der Waals surface area contributed by atoms with E-state index in [2.05, 4.69) is 17.5 Å². The number of allylic oxidation sites excluding steroid dienone is 1. The summed E-state index contributed by atoms with van der Waals surface area (Å²) in [6, 6.07) is 5.75. The molecule has 0 aliphatic heterocycles. The average molecular weight is 231 g/mol. The van der Waals surface area contributed by atoms with Crippen molar-refractivity contribution in [2.45, 2.75) is 32.2 Å². The van der Waals surface area contributed by atoms with E-state index in [0.717, 1.165) is 30.5 Å². The highest BCUT2D eigenvalue weighted by atomic mass is 16.4. The Hall–Kier alpha value is -1.77. The van der Waals surface area contributed by atoms with Crippen molar-refractivity contribution in [3.8, 4) is 0 Å². The van der Waals surface area contributed by atoms with Crippen LogP contribution in [0.3, 0.4) is 0 Å². The molecule has 2 rings (SSSR count). The maximum Gasteiger partial charge on any atom is 0.337 e. The highest BCUT2D eigenvalue weighted by molar-refractivity contribution is 5.94. The van der Waals surface area contributed by atoms with E-state index in [-0.39, 0.29) is 0 Å². The molecule has 0 heterocycles. The smallest absolute Gasteiger partial charge is 0.337 e. The Morgan fingerprint density at radius 1 is 1.41 bits per heavy atom. The van der Waals surface area contributed by atoms with Crippen LogP contribution in [-0.2, 0) is 0 Å². The molecular weight excluding hydrogens is 214 g/mol. The lowest BCUT2D eigenvalue weighted by atomic mass is 10.0. The number of hydrogen-bond donors (Lipinski definition) is 2. The first-order chi connectivity index (χ1) is 8.16. The zero-order valence-electron chi connectivity index (χ0n) is 9.94. The first kappa shape index (κ1) is 11.7. The molecule has 1 unspecified atom stereocenters. The van der Waals surface area contributed by atoms with Gasteiger partial charge in [-0.3, -0.25) is 0 Å². The van der Waals surface area contributed by atoms with Crippen molar-refractivity contribution < 1.29 is 9.90 Å². The van der Waals surface area contributed by atoms with Gasteiger partial charge >= 0.3 is 5.97 Å². The zero-order chi connectivity index (χ0) is 12.3. The van der Waals surface area contributed by atoms with Crippen LogP contribution in [0.5, 0.6) is 0 Å². The van der Waals surface area contributed by atoms with Crippen molar-refractivity contribution in [3.63, 3.8) is 0 Å². The molecule has 3 nitrogen and oxygen atoms in total. The van der Waals surface area contributed by atoms with Gasteiger partial charge in [0.2, 0.25) is 0 Å². The van der Waals surface area contributed by atoms with Gasteiger partial charge in [0, 0.05) is 11.7 Å². The molecule has 1 aliphatic rings. The molecule has 0 bridgehead atoms. The third kappa shape index (κ3) is 2.87. The lowest BCUT2D eigenvalue weighted by Gasteiger charge is -2.22. The SMILES string of the molecule is Cc1ccc(C(=O)O)c(NC2CC=CCC2)c1. The van der Waals surface area contributed by atoms with Crippen molar-refractivity contribution >= 4 is 11.7 Å². The summed E-state index contributed by atoms with van der Waals surface area (Å²) >= 11 is 0. The molecule has 0 saturated heterocycles. The maximum absolute atomic E-state index is 11.1. The number of hydrogen-bond acceptors (Lipinski definition) is 2. The van der Waals surface area contributed by atoms with Crippen molar-refractivity contribution in [3.05, 3.63) is 41.5 Å². The van der Waals surface area contributed by atoms with Gasteiger partial charge in [0.15, 0.2) is 0 Å². The number of benzene rings is 1. The third-order valence-corrected chi connectivity index (χ3v) is 3.03. The van der Waals surface area contributed by atoms with Crippen molar-refractivity contribution in [2.75, 3.05) is 5.32 Å². The first-order valence-corrected chi connectivity index (χ1v) is 5.92. The van der Waals surface area contributed by atoms with E-state index in [0.29, 0.717) is 11.6 Å². The molecule has 1 atom stereocenters. The number of carboxylic acid groups (broad SMARTS) is 1. The number of carboxylic acids is 1. The van der Waals surface area contributed by atoms with Gasteiger partial charge in [-0.2, -0.15) is 0 Å². The van der Waals surface area contributed by atoms with Gasteiger partial charge in [-0.1, -0.05) is 18.2 Å². The second kappa shape index (κ2) is 5.04. The van der Waals surface area contributed by atoms with Crippen molar-refractivity contribution in [2.24, 2.45) is 0 Å². The van der Waals surface area contributed by atoms with Gasteiger partial charge in [0.25, 0.3) is 0 Å². The highest BCUT2D eigenvalue weighted by Crippen LogP contribution is 2.22. The summed E-state index contributed by atoms with van der Waals surface area (Å²) in [6.07, 6.45) is 7.41. The molecule has 90 valence electrons. The molecule has 0 aromatic heterocycles. The predicted octanol–water partition coefficient (Wildman–Crippen LogP) is 3.21. The number of aryl methyl sites for hydroxylation is 1. The number of anilines is 1. The number of rotatable bonds is 3. The van der Waals surface area contributed by atoms with E-state index < -0.39 is 5.97 Å². The van der Waals surface area contributed by atoms with Crippen molar-refractivity contribution in [1.29, 1.82) is 0 Å². The predicted molar refractivity (Wildman–Crippen MR) is 68.5 cm³/mol. The fraction of sp³-hybridized carbons (Fsp3) is 0.357. The van der Waals surface area contributed by atoms with Crippen LogP contribution >= 0.6 is 0 Å². The molecule has 17 heavy (non-hydrogen) atoms. The number of aromatic carboxylic acids is 1. The van der Waals surface area contributed by atoms with E-state index in [1.54, 1.807) is 6.07 Å². The number of carbonyl (C=O) groups is 1. The minimum Gasteiger partial charge on any atom is -0.478 e. The minimum absolute atomic E-state index is 0.347. The van der Waals surface area contributed by atoms with Gasteiger partial charge in [-0.05, 0) is 43.9 Å². The Balaban J connectivity index is 2.21. The van der Waals surface area contributed by atoms with Crippen LogP contribution in [0.4, 0.5) is 5.69 Å². The second-order valence-electron chi connectivity index (χ2n) is 4.48. The lowest BCUT2D eigenvalue weighted by Crippen LogP contribution is -2.21. The van der Waals surface area contributed by atoms with Crippen LogP contribution in [0.25, 0.3) is 0 Å². The summed E-state index contributed by atoms with van der Waals surface area (Å²) < 4.78 is 0. The number of nitrogens with one attached hydrogen (secondary N) is 1. The van der Waals surface area contributed by atoms with Gasteiger partial charge in [0.05, 0.1) is 5.56 Å². The van der Waals surface area contributed by atoms with Gasteiger partial charge < -0.3 is 10.4 Å². The molecule has 2 N–H and O–H groups in total. The molecule has 1 aliphatic carbocycles. The Labute approximate surface area is 101 Å².